The Morgan fingerprint density at radius 2 is 1.85 bits per heavy atom. The number of hydrogen-bond acceptors (Lipinski definition) is 4. The molecule has 2 aliphatic rings. The van der Waals surface area contributed by atoms with Gasteiger partial charge in [-0.1, -0.05) is 43.5 Å². The number of carbonyl (C=O) groups is 2. The molecule has 0 saturated heterocycles. The van der Waals surface area contributed by atoms with Gasteiger partial charge in [-0.25, -0.2) is 4.98 Å². The molecule has 33 heavy (non-hydrogen) atoms. The minimum Gasteiger partial charge on any atom is -0.497 e. The first kappa shape index (κ1) is 21.2. The van der Waals surface area contributed by atoms with Crippen LogP contribution in [0.1, 0.15) is 59.8 Å². The highest BCUT2D eigenvalue weighted by Gasteiger charge is 2.39. The Labute approximate surface area is 193 Å². The molecule has 2 aromatic carbocycles. The van der Waals surface area contributed by atoms with Gasteiger partial charge in [-0.15, -0.1) is 0 Å². The lowest BCUT2D eigenvalue weighted by atomic mass is 9.95. The Kier molecular flexibility index (Phi) is 5.86. The molecule has 5 rings (SSSR count). The summed E-state index contributed by atoms with van der Waals surface area (Å²) in [6, 6.07) is 14.4. The standard InChI is InChI=1S/C26H28N4O3/c1-33-20-13-11-18(12-14-20)16-29-24(25(31)28-19-7-3-2-4-8-19)23-15-27-17-30(23)22-10-6-5-9-21(22)26(29)32/h5-6,9-15,17,19,24H,2-4,7-8,16H2,1H3,(H,28,31). The molecule has 0 radical (unpaired) electrons. The molecule has 170 valence electrons. The van der Waals surface area contributed by atoms with Crippen LogP contribution in [-0.4, -0.2) is 39.4 Å². The number of para-hydroxylation sites is 1. The van der Waals surface area contributed by atoms with Crippen LogP contribution in [0, 0.1) is 0 Å². The summed E-state index contributed by atoms with van der Waals surface area (Å²) in [7, 11) is 1.62. The van der Waals surface area contributed by atoms with Crippen molar-refractivity contribution >= 4 is 11.8 Å². The first-order valence-electron chi connectivity index (χ1n) is 11.5. The van der Waals surface area contributed by atoms with Crippen molar-refractivity contribution in [2.24, 2.45) is 0 Å². The average Bonchev–Trinajstić information content (AvgIpc) is 3.30. The third-order valence-electron chi connectivity index (χ3n) is 6.63. The molecule has 7 heteroatoms. The number of fused-ring (bicyclic) bond motifs is 3. The fourth-order valence-corrected chi connectivity index (χ4v) is 4.90. The third-order valence-corrected chi connectivity index (χ3v) is 6.63. The van der Waals surface area contributed by atoms with Crippen molar-refractivity contribution in [1.29, 1.82) is 0 Å². The maximum Gasteiger partial charge on any atom is 0.257 e. The Bertz CT molecular complexity index is 1150. The van der Waals surface area contributed by atoms with Crippen LogP contribution in [-0.2, 0) is 11.3 Å². The largest absolute Gasteiger partial charge is 0.497 e. The van der Waals surface area contributed by atoms with Crippen molar-refractivity contribution in [2.75, 3.05) is 7.11 Å². The smallest absolute Gasteiger partial charge is 0.257 e. The minimum atomic E-state index is -0.781. The molecule has 1 aliphatic carbocycles. The normalized spacial score (nSPS) is 18.3. The van der Waals surface area contributed by atoms with Crippen LogP contribution in [0.25, 0.3) is 5.69 Å². The fourth-order valence-electron chi connectivity index (χ4n) is 4.90. The van der Waals surface area contributed by atoms with Crippen molar-refractivity contribution in [3.63, 3.8) is 0 Å². The van der Waals surface area contributed by atoms with Crippen molar-refractivity contribution in [3.8, 4) is 11.4 Å². The van der Waals surface area contributed by atoms with Crippen molar-refractivity contribution in [1.82, 2.24) is 19.8 Å². The summed E-state index contributed by atoms with van der Waals surface area (Å²) >= 11 is 0. The molecule has 0 bridgehead atoms. The molecule has 2 amide bonds. The second-order valence-electron chi connectivity index (χ2n) is 8.73. The maximum atomic E-state index is 13.8. The van der Waals surface area contributed by atoms with Gasteiger partial charge in [0.25, 0.3) is 5.91 Å². The van der Waals surface area contributed by atoms with E-state index in [0.29, 0.717) is 17.8 Å². The van der Waals surface area contributed by atoms with Crippen molar-refractivity contribution in [2.45, 2.75) is 50.7 Å². The minimum absolute atomic E-state index is 0.145. The number of amides is 2. The molecule has 1 atom stereocenters. The zero-order valence-electron chi connectivity index (χ0n) is 18.7. The number of aromatic nitrogens is 2. The zero-order valence-corrected chi connectivity index (χ0v) is 18.7. The van der Waals surface area contributed by atoms with Gasteiger partial charge in [-0.05, 0) is 42.7 Å². The number of hydrogen-bond donors (Lipinski definition) is 1. The molecule has 1 aliphatic heterocycles. The molecular formula is C26H28N4O3. The summed E-state index contributed by atoms with van der Waals surface area (Å²) < 4.78 is 7.14. The van der Waals surface area contributed by atoms with Crippen molar-refractivity contribution in [3.05, 3.63) is 77.9 Å². The van der Waals surface area contributed by atoms with E-state index in [9.17, 15) is 9.59 Å². The summed E-state index contributed by atoms with van der Waals surface area (Å²) in [5, 5.41) is 3.23. The second-order valence-corrected chi connectivity index (χ2v) is 8.73. The maximum absolute atomic E-state index is 13.8. The molecule has 7 nitrogen and oxygen atoms in total. The van der Waals surface area contributed by atoms with Crippen LogP contribution in [0.5, 0.6) is 5.75 Å². The highest BCUT2D eigenvalue weighted by Crippen LogP contribution is 2.33. The van der Waals surface area contributed by atoms with E-state index in [2.05, 4.69) is 10.3 Å². The first-order valence-corrected chi connectivity index (χ1v) is 11.5. The van der Waals surface area contributed by atoms with E-state index in [4.69, 9.17) is 4.74 Å². The summed E-state index contributed by atoms with van der Waals surface area (Å²) in [5.41, 5.74) is 2.90. The predicted octanol–water partition coefficient (Wildman–Crippen LogP) is 4.03. The molecule has 1 N–H and O–H groups in total. The van der Waals surface area contributed by atoms with Crippen LogP contribution in [0.2, 0.25) is 0 Å². The lowest BCUT2D eigenvalue weighted by Gasteiger charge is -2.32. The molecule has 0 spiro atoms. The lowest BCUT2D eigenvalue weighted by molar-refractivity contribution is -0.127. The summed E-state index contributed by atoms with van der Waals surface area (Å²) in [6.45, 7) is 0.297. The molecule has 1 unspecified atom stereocenters. The third kappa shape index (κ3) is 4.11. The predicted molar refractivity (Wildman–Crippen MR) is 124 cm³/mol. The highest BCUT2D eigenvalue weighted by molar-refractivity contribution is 6.01. The van der Waals surface area contributed by atoms with Gasteiger partial charge in [0.2, 0.25) is 5.91 Å². The number of nitrogens with one attached hydrogen (secondary N) is 1. The Morgan fingerprint density at radius 1 is 1.09 bits per heavy atom. The number of ether oxygens (including phenoxy) is 1. The number of carbonyl (C=O) groups excluding carboxylic acids is 2. The monoisotopic (exact) mass is 444 g/mol. The van der Waals surface area contributed by atoms with E-state index in [-0.39, 0.29) is 17.9 Å². The van der Waals surface area contributed by atoms with Gasteiger partial charge < -0.3 is 15.0 Å². The van der Waals surface area contributed by atoms with E-state index in [1.807, 2.05) is 53.1 Å². The Hall–Kier alpha value is -3.61. The molecule has 1 saturated carbocycles. The molecule has 2 heterocycles. The SMILES string of the molecule is COc1ccc(CN2C(=O)c3ccccc3-n3cncc3C2C(=O)NC2CCCCC2)cc1. The van der Waals surface area contributed by atoms with Gasteiger partial charge >= 0.3 is 0 Å². The topological polar surface area (TPSA) is 76.5 Å². The lowest BCUT2D eigenvalue weighted by Crippen LogP contribution is -2.46. The zero-order chi connectivity index (χ0) is 22.8. The number of nitrogens with zero attached hydrogens (tertiary/aromatic N) is 3. The van der Waals surface area contributed by atoms with E-state index >= 15 is 0 Å². The summed E-state index contributed by atoms with van der Waals surface area (Å²) in [4.78, 5) is 33.5. The molecular weight excluding hydrogens is 416 g/mol. The van der Waals surface area contributed by atoms with Gasteiger partial charge in [0.15, 0.2) is 6.04 Å². The Morgan fingerprint density at radius 3 is 2.61 bits per heavy atom. The molecule has 1 aromatic heterocycles. The second kappa shape index (κ2) is 9.10. The summed E-state index contributed by atoms with van der Waals surface area (Å²) in [6.07, 6.45) is 8.77. The van der Waals surface area contributed by atoms with Crippen LogP contribution in [0.4, 0.5) is 0 Å². The van der Waals surface area contributed by atoms with Gasteiger partial charge in [0.1, 0.15) is 5.75 Å². The van der Waals surface area contributed by atoms with Gasteiger partial charge in [0, 0.05) is 12.6 Å². The van der Waals surface area contributed by atoms with Gasteiger partial charge in [0.05, 0.1) is 36.6 Å². The number of benzene rings is 2. The quantitative estimate of drug-likeness (QED) is 0.645. The van der Waals surface area contributed by atoms with E-state index in [1.165, 1.54) is 6.42 Å². The van der Waals surface area contributed by atoms with E-state index in [0.717, 1.165) is 42.7 Å². The van der Waals surface area contributed by atoms with E-state index in [1.54, 1.807) is 24.5 Å². The van der Waals surface area contributed by atoms with Gasteiger partial charge in [-0.3, -0.25) is 14.2 Å². The van der Waals surface area contributed by atoms with Crippen LogP contribution in [0.3, 0.4) is 0 Å². The molecule has 1 fully saturated rings. The van der Waals surface area contributed by atoms with Crippen molar-refractivity contribution < 1.29 is 14.3 Å². The summed E-state index contributed by atoms with van der Waals surface area (Å²) in [5.74, 6) is 0.420. The van der Waals surface area contributed by atoms with E-state index < -0.39 is 6.04 Å². The fraction of sp³-hybridized carbons (Fsp3) is 0.346. The molecule has 3 aromatic rings. The number of imidazole rings is 1. The number of rotatable bonds is 5. The van der Waals surface area contributed by atoms with Crippen LogP contribution < -0.4 is 10.1 Å². The van der Waals surface area contributed by atoms with Crippen LogP contribution >= 0.6 is 0 Å². The van der Waals surface area contributed by atoms with Gasteiger partial charge in [-0.2, -0.15) is 0 Å². The first-order chi connectivity index (χ1) is 16.2. The number of methoxy groups -OCH3 is 1. The Balaban J connectivity index is 1.56. The average molecular weight is 445 g/mol. The van der Waals surface area contributed by atoms with Crippen LogP contribution in [0.15, 0.2) is 61.1 Å². The highest BCUT2D eigenvalue weighted by atomic mass is 16.5.